The second-order valence-electron chi connectivity index (χ2n) is 5.46. The normalized spacial score (nSPS) is 13.7. The number of carbonyl (C=O) groups is 1. The lowest BCUT2D eigenvalue weighted by molar-refractivity contribution is -0.124. The van der Waals surface area contributed by atoms with Crippen molar-refractivity contribution in [3.05, 3.63) is 66.5 Å². The quantitative estimate of drug-likeness (QED) is 0.800. The van der Waals surface area contributed by atoms with Gasteiger partial charge in [0.05, 0.1) is 6.04 Å². The number of hydrogen-bond acceptors (Lipinski definition) is 2. The van der Waals surface area contributed by atoms with Gasteiger partial charge in [0, 0.05) is 12.4 Å². The number of carbonyl (C=O) groups excluding carboxylic acids is 1. The third kappa shape index (κ3) is 2.72. The van der Waals surface area contributed by atoms with Crippen molar-refractivity contribution in [2.75, 3.05) is 0 Å². The highest BCUT2D eigenvalue weighted by Gasteiger charge is 2.18. The standard InChI is InChI=1S/C18H19N3O/c1-13(20-18(22)14(2)21-12-6-11-19-21)16-10-5-8-15-7-3-4-9-17(15)16/h3-14H,1-2H3,(H,20,22). The van der Waals surface area contributed by atoms with E-state index in [0.717, 1.165) is 5.56 Å². The Morgan fingerprint density at radius 1 is 1.09 bits per heavy atom. The van der Waals surface area contributed by atoms with E-state index >= 15 is 0 Å². The molecule has 0 saturated heterocycles. The minimum atomic E-state index is -0.326. The summed E-state index contributed by atoms with van der Waals surface area (Å²) in [7, 11) is 0. The Morgan fingerprint density at radius 2 is 1.86 bits per heavy atom. The van der Waals surface area contributed by atoms with Crippen molar-refractivity contribution in [1.29, 1.82) is 0 Å². The summed E-state index contributed by atoms with van der Waals surface area (Å²) in [5, 5.41) is 9.55. The molecule has 0 aliphatic rings. The van der Waals surface area contributed by atoms with Crippen molar-refractivity contribution < 1.29 is 4.79 Å². The molecule has 1 N–H and O–H groups in total. The van der Waals surface area contributed by atoms with E-state index in [2.05, 4.69) is 34.7 Å². The minimum Gasteiger partial charge on any atom is -0.348 e. The smallest absolute Gasteiger partial charge is 0.245 e. The second kappa shape index (κ2) is 6.02. The summed E-state index contributed by atoms with van der Waals surface area (Å²) in [4.78, 5) is 12.4. The second-order valence-corrected chi connectivity index (χ2v) is 5.46. The molecule has 4 heteroatoms. The Kier molecular flexibility index (Phi) is 3.92. The van der Waals surface area contributed by atoms with Gasteiger partial charge in [-0.05, 0) is 36.2 Å². The van der Waals surface area contributed by atoms with E-state index in [4.69, 9.17) is 0 Å². The molecule has 22 heavy (non-hydrogen) atoms. The largest absolute Gasteiger partial charge is 0.348 e. The molecule has 0 saturated carbocycles. The zero-order valence-electron chi connectivity index (χ0n) is 12.7. The molecular formula is C18H19N3O. The van der Waals surface area contributed by atoms with Crippen LogP contribution in [0.25, 0.3) is 10.8 Å². The Bertz CT molecular complexity index is 775. The lowest BCUT2D eigenvalue weighted by atomic mass is 9.99. The maximum atomic E-state index is 12.4. The van der Waals surface area contributed by atoms with Crippen LogP contribution in [-0.4, -0.2) is 15.7 Å². The van der Waals surface area contributed by atoms with E-state index in [1.807, 2.05) is 38.1 Å². The molecule has 3 rings (SSSR count). The summed E-state index contributed by atoms with van der Waals surface area (Å²) in [5.41, 5.74) is 1.12. The average molecular weight is 293 g/mol. The van der Waals surface area contributed by atoms with Crippen LogP contribution in [0.15, 0.2) is 60.9 Å². The van der Waals surface area contributed by atoms with E-state index < -0.39 is 0 Å². The molecule has 2 unspecified atom stereocenters. The topological polar surface area (TPSA) is 46.9 Å². The monoisotopic (exact) mass is 293 g/mol. The number of benzene rings is 2. The molecule has 0 fully saturated rings. The van der Waals surface area contributed by atoms with Gasteiger partial charge in [-0.1, -0.05) is 42.5 Å². The van der Waals surface area contributed by atoms with E-state index in [1.165, 1.54) is 10.8 Å². The Balaban J connectivity index is 1.81. The fourth-order valence-corrected chi connectivity index (χ4v) is 2.67. The predicted molar refractivity (Wildman–Crippen MR) is 87.4 cm³/mol. The zero-order chi connectivity index (χ0) is 15.5. The van der Waals surface area contributed by atoms with Crippen LogP contribution in [-0.2, 0) is 4.79 Å². The van der Waals surface area contributed by atoms with Gasteiger partial charge >= 0.3 is 0 Å². The molecule has 0 aliphatic heterocycles. The van der Waals surface area contributed by atoms with Gasteiger partial charge in [0.1, 0.15) is 6.04 Å². The van der Waals surface area contributed by atoms with Gasteiger partial charge in [-0.15, -0.1) is 0 Å². The molecule has 0 aliphatic carbocycles. The molecule has 112 valence electrons. The van der Waals surface area contributed by atoms with Gasteiger partial charge < -0.3 is 5.32 Å². The SMILES string of the molecule is CC(NC(=O)C(C)n1cccn1)c1cccc2ccccc12. The van der Waals surface area contributed by atoms with Crippen molar-refractivity contribution in [2.45, 2.75) is 25.9 Å². The minimum absolute atomic E-state index is 0.0378. The zero-order valence-corrected chi connectivity index (χ0v) is 12.7. The fraction of sp³-hybridized carbons (Fsp3) is 0.222. The number of hydrogen-bond donors (Lipinski definition) is 1. The third-order valence-electron chi connectivity index (χ3n) is 3.95. The van der Waals surface area contributed by atoms with Gasteiger partial charge in [0.2, 0.25) is 5.91 Å². The van der Waals surface area contributed by atoms with Crippen molar-refractivity contribution in [1.82, 2.24) is 15.1 Å². The predicted octanol–water partition coefficient (Wildman–Crippen LogP) is 3.47. The van der Waals surface area contributed by atoms with Gasteiger partial charge in [0.25, 0.3) is 0 Å². The molecule has 2 aromatic carbocycles. The number of rotatable bonds is 4. The number of nitrogens with zero attached hydrogens (tertiary/aromatic N) is 2. The van der Waals surface area contributed by atoms with E-state index in [9.17, 15) is 4.79 Å². The number of fused-ring (bicyclic) bond motifs is 1. The molecule has 3 aromatic rings. The number of nitrogens with one attached hydrogen (secondary N) is 1. The Morgan fingerprint density at radius 3 is 2.64 bits per heavy atom. The van der Waals surface area contributed by atoms with Gasteiger partial charge in [-0.3, -0.25) is 9.48 Å². The van der Waals surface area contributed by atoms with Crippen LogP contribution < -0.4 is 5.32 Å². The number of amides is 1. The fourth-order valence-electron chi connectivity index (χ4n) is 2.67. The van der Waals surface area contributed by atoms with E-state index in [1.54, 1.807) is 17.1 Å². The first-order valence-corrected chi connectivity index (χ1v) is 7.44. The Hall–Kier alpha value is -2.62. The molecule has 1 amide bonds. The van der Waals surface area contributed by atoms with Gasteiger partial charge in [-0.25, -0.2) is 0 Å². The maximum Gasteiger partial charge on any atom is 0.245 e. The van der Waals surface area contributed by atoms with Crippen LogP contribution in [0.5, 0.6) is 0 Å². The summed E-state index contributed by atoms with van der Waals surface area (Å²) >= 11 is 0. The summed E-state index contributed by atoms with van der Waals surface area (Å²) < 4.78 is 1.66. The molecule has 0 spiro atoms. The molecule has 1 aromatic heterocycles. The lowest BCUT2D eigenvalue weighted by Crippen LogP contribution is -2.33. The average Bonchev–Trinajstić information content (AvgIpc) is 3.07. The molecular weight excluding hydrogens is 274 g/mol. The molecule has 0 radical (unpaired) electrons. The van der Waals surface area contributed by atoms with Crippen LogP contribution in [0.1, 0.15) is 31.5 Å². The molecule has 2 atom stereocenters. The van der Waals surface area contributed by atoms with E-state index in [0.29, 0.717) is 0 Å². The van der Waals surface area contributed by atoms with E-state index in [-0.39, 0.29) is 18.0 Å². The van der Waals surface area contributed by atoms with Crippen LogP contribution in [0.3, 0.4) is 0 Å². The first-order valence-electron chi connectivity index (χ1n) is 7.44. The van der Waals surface area contributed by atoms with Crippen LogP contribution in [0.2, 0.25) is 0 Å². The van der Waals surface area contributed by atoms with Gasteiger partial charge in [-0.2, -0.15) is 5.10 Å². The van der Waals surface area contributed by atoms with Crippen LogP contribution >= 0.6 is 0 Å². The van der Waals surface area contributed by atoms with Crippen LogP contribution in [0, 0.1) is 0 Å². The highest BCUT2D eigenvalue weighted by atomic mass is 16.2. The maximum absolute atomic E-state index is 12.4. The molecule has 4 nitrogen and oxygen atoms in total. The molecule has 1 heterocycles. The summed E-state index contributed by atoms with van der Waals surface area (Å²) in [6, 6.07) is 15.8. The first kappa shape index (κ1) is 14.3. The summed E-state index contributed by atoms with van der Waals surface area (Å²) in [6.45, 7) is 3.85. The molecule has 0 bridgehead atoms. The highest BCUT2D eigenvalue weighted by molar-refractivity contribution is 5.87. The number of aromatic nitrogens is 2. The highest BCUT2D eigenvalue weighted by Crippen LogP contribution is 2.24. The third-order valence-corrected chi connectivity index (χ3v) is 3.95. The van der Waals surface area contributed by atoms with Crippen LogP contribution in [0.4, 0.5) is 0 Å². The van der Waals surface area contributed by atoms with Gasteiger partial charge in [0.15, 0.2) is 0 Å². The first-order chi connectivity index (χ1) is 10.7. The Labute approximate surface area is 129 Å². The summed E-state index contributed by atoms with van der Waals surface area (Å²) in [5.74, 6) is -0.0378. The van der Waals surface area contributed by atoms with Crippen molar-refractivity contribution in [2.24, 2.45) is 0 Å². The van der Waals surface area contributed by atoms with Crippen molar-refractivity contribution >= 4 is 16.7 Å². The van der Waals surface area contributed by atoms with Crippen molar-refractivity contribution in [3.63, 3.8) is 0 Å². The lowest BCUT2D eigenvalue weighted by Gasteiger charge is -2.19. The summed E-state index contributed by atoms with van der Waals surface area (Å²) in [6.07, 6.45) is 3.48. The van der Waals surface area contributed by atoms with Crippen molar-refractivity contribution in [3.8, 4) is 0 Å².